The van der Waals surface area contributed by atoms with Crippen molar-refractivity contribution in [2.45, 2.75) is 20.3 Å². The maximum Gasteiger partial charge on any atom is 0.343 e. The van der Waals surface area contributed by atoms with Gasteiger partial charge in [-0.2, -0.15) is 0 Å². The Bertz CT molecular complexity index is 897. The average Bonchev–Trinajstić information content (AvgIpc) is 2.77. The van der Waals surface area contributed by atoms with Gasteiger partial charge in [-0.25, -0.2) is 14.4 Å². The highest BCUT2D eigenvalue weighted by molar-refractivity contribution is 5.91. The highest BCUT2D eigenvalue weighted by atomic mass is 16.5. The van der Waals surface area contributed by atoms with Gasteiger partial charge in [0.25, 0.3) is 0 Å². The van der Waals surface area contributed by atoms with Crippen molar-refractivity contribution in [3.8, 4) is 11.5 Å². The van der Waals surface area contributed by atoms with E-state index in [1.807, 2.05) is 6.92 Å². The minimum atomic E-state index is -1.03. The molecule has 0 saturated heterocycles. The second-order valence-corrected chi connectivity index (χ2v) is 6.26. The molecule has 7 heteroatoms. The third-order valence-corrected chi connectivity index (χ3v) is 3.56. The van der Waals surface area contributed by atoms with Crippen molar-refractivity contribution < 1.29 is 33.7 Å². The first-order valence-corrected chi connectivity index (χ1v) is 9.50. The van der Waals surface area contributed by atoms with E-state index in [0.29, 0.717) is 30.1 Å². The minimum absolute atomic E-state index is 0.128. The summed E-state index contributed by atoms with van der Waals surface area (Å²) in [6, 6.07) is 12.1. The molecule has 0 saturated carbocycles. The number of hydrogen-bond donors (Lipinski definition) is 1. The van der Waals surface area contributed by atoms with Crippen LogP contribution >= 0.6 is 0 Å². The van der Waals surface area contributed by atoms with Crippen LogP contribution in [0.3, 0.4) is 0 Å². The number of carboxylic acid groups (broad SMARTS) is 1. The van der Waals surface area contributed by atoms with E-state index in [0.717, 1.165) is 6.42 Å². The second-order valence-electron chi connectivity index (χ2n) is 6.26. The Morgan fingerprint density at radius 3 is 2.00 bits per heavy atom. The molecule has 0 unspecified atom stereocenters. The van der Waals surface area contributed by atoms with Crippen molar-refractivity contribution >= 4 is 17.9 Å². The van der Waals surface area contributed by atoms with Crippen LogP contribution < -0.4 is 9.47 Å². The van der Waals surface area contributed by atoms with E-state index in [1.165, 1.54) is 24.3 Å². The number of hydrogen-bond acceptors (Lipinski definition) is 6. The quantitative estimate of drug-likeness (QED) is 0.269. The maximum absolute atomic E-state index is 12.0. The molecular formula is C24H26O7. The molecule has 31 heavy (non-hydrogen) atoms. The Morgan fingerprint density at radius 1 is 0.968 bits per heavy atom. The first-order valence-electron chi connectivity index (χ1n) is 9.50. The molecule has 0 bridgehead atoms. The molecule has 7 nitrogen and oxygen atoms in total. The zero-order valence-corrected chi connectivity index (χ0v) is 17.6. The molecule has 0 spiro atoms. The Kier molecular flexibility index (Phi) is 10.9. The number of esters is 2. The maximum atomic E-state index is 12.0. The van der Waals surface area contributed by atoms with E-state index in [2.05, 4.69) is 13.2 Å². The van der Waals surface area contributed by atoms with Crippen LogP contribution in [0.5, 0.6) is 11.5 Å². The molecule has 0 fully saturated rings. The van der Waals surface area contributed by atoms with Gasteiger partial charge in [-0.3, -0.25) is 0 Å². The standard InChI is InChI=1S/C17H14O5.C7H12O2/c1-2-11-21-14-7-5-13(6-8-14)17(20)22-15-9-3-12(4-10-15)16(18)19;1-4-5-9-7(8)6(2)3/h2-10H,1,11H2,(H,18,19);2,4-5H2,1,3H3. The van der Waals surface area contributed by atoms with Gasteiger partial charge in [-0.1, -0.05) is 26.2 Å². The number of rotatable bonds is 9. The number of carbonyl (C=O) groups excluding carboxylic acids is 2. The molecule has 0 aliphatic heterocycles. The zero-order chi connectivity index (χ0) is 23.2. The fourth-order valence-electron chi connectivity index (χ4n) is 1.99. The summed E-state index contributed by atoms with van der Waals surface area (Å²) in [5.41, 5.74) is 0.959. The largest absolute Gasteiger partial charge is 0.490 e. The Labute approximate surface area is 181 Å². The summed E-state index contributed by atoms with van der Waals surface area (Å²) in [4.78, 5) is 33.3. The molecule has 0 amide bonds. The van der Waals surface area contributed by atoms with Crippen LogP contribution in [0.1, 0.15) is 41.0 Å². The van der Waals surface area contributed by atoms with Crippen molar-refractivity contribution in [2.24, 2.45) is 0 Å². The molecule has 2 aromatic rings. The summed E-state index contributed by atoms with van der Waals surface area (Å²) < 4.78 is 15.2. The number of ether oxygens (including phenoxy) is 3. The number of carbonyl (C=O) groups is 3. The number of carboxylic acids is 1. The Balaban J connectivity index is 0.000000452. The molecule has 0 heterocycles. The smallest absolute Gasteiger partial charge is 0.343 e. The summed E-state index contributed by atoms with van der Waals surface area (Å²) in [7, 11) is 0. The van der Waals surface area contributed by atoms with Gasteiger partial charge in [-0.15, -0.1) is 0 Å². The molecule has 164 valence electrons. The fourth-order valence-corrected chi connectivity index (χ4v) is 1.99. The topological polar surface area (TPSA) is 99.1 Å². The Hall–Kier alpha value is -3.87. The van der Waals surface area contributed by atoms with Gasteiger partial charge in [0.1, 0.15) is 18.1 Å². The minimum Gasteiger partial charge on any atom is -0.490 e. The number of benzene rings is 2. The van der Waals surface area contributed by atoms with Gasteiger partial charge >= 0.3 is 17.9 Å². The van der Waals surface area contributed by atoms with Crippen LogP contribution in [-0.4, -0.2) is 36.2 Å². The van der Waals surface area contributed by atoms with E-state index in [-0.39, 0.29) is 17.3 Å². The summed E-state index contributed by atoms with van der Waals surface area (Å²) in [5, 5.41) is 8.80. The lowest BCUT2D eigenvalue weighted by molar-refractivity contribution is -0.138. The van der Waals surface area contributed by atoms with E-state index in [4.69, 9.17) is 19.3 Å². The monoisotopic (exact) mass is 426 g/mol. The van der Waals surface area contributed by atoms with Crippen LogP contribution in [-0.2, 0) is 9.53 Å². The molecule has 2 aromatic carbocycles. The van der Waals surface area contributed by atoms with Crippen LogP contribution in [0, 0.1) is 0 Å². The lowest BCUT2D eigenvalue weighted by Gasteiger charge is -2.06. The van der Waals surface area contributed by atoms with Gasteiger partial charge in [0.05, 0.1) is 17.7 Å². The lowest BCUT2D eigenvalue weighted by Crippen LogP contribution is -2.08. The number of aromatic carboxylic acids is 1. The molecule has 0 atom stereocenters. The van der Waals surface area contributed by atoms with Crippen molar-refractivity contribution in [1.29, 1.82) is 0 Å². The SMILES string of the molecule is C=C(C)C(=O)OCCC.C=CCOc1ccc(C(=O)Oc2ccc(C(=O)O)cc2)cc1. The Morgan fingerprint density at radius 2 is 1.52 bits per heavy atom. The zero-order valence-electron chi connectivity index (χ0n) is 17.6. The van der Waals surface area contributed by atoms with Crippen LogP contribution in [0.4, 0.5) is 0 Å². The highest BCUT2D eigenvalue weighted by Crippen LogP contribution is 2.16. The second kappa shape index (κ2) is 13.4. The molecule has 0 aliphatic carbocycles. The molecule has 0 aromatic heterocycles. The third kappa shape index (κ3) is 9.45. The van der Waals surface area contributed by atoms with Gasteiger partial charge in [0, 0.05) is 5.57 Å². The first-order chi connectivity index (χ1) is 14.8. The predicted octanol–water partition coefficient (Wildman–Crippen LogP) is 4.68. The van der Waals surface area contributed by atoms with E-state index < -0.39 is 11.9 Å². The normalized spacial score (nSPS) is 9.48. The van der Waals surface area contributed by atoms with Crippen molar-refractivity contribution in [3.63, 3.8) is 0 Å². The molecule has 0 radical (unpaired) electrons. The van der Waals surface area contributed by atoms with Crippen LogP contribution in [0.25, 0.3) is 0 Å². The molecule has 1 N–H and O–H groups in total. The van der Waals surface area contributed by atoms with Gasteiger partial charge in [0.2, 0.25) is 0 Å². The van der Waals surface area contributed by atoms with Gasteiger partial charge in [-0.05, 0) is 61.9 Å². The van der Waals surface area contributed by atoms with E-state index in [1.54, 1.807) is 37.3 Å². The van der Waals surface area contributed by atoms with E-state index >= 15 is 0 Å². The van der Waals surface area contributed by atoms with Gasteiger partial charge in [0.15, 0.2) is 0 Å². The predicted molar refractivity (Wildman–Crippen MR) is 117 cm³/mol. The summed E-state index contributed by atoms with van der Waals surface area (Å²) in [6.07, 6.45) is 2.49. The highest BCUT2D eigenvalue weighted by Gasteiger charge is 2.10. The molecule has 0 aliphatic rings. The summed E-state index contributed by atoms with van der Waals surface area (Å²) >= 11 is 0. The van der Waals surface area contributed by atoms with Crippen LogP contribution in [0.15, 0.2) is 73.3 Å². The summed E-state index contributed by atoms with van der Waals surface area (Å²) in [6.45, 7) is 11.5. The first kappa shape index (κ1) is 25.2. The van der Waals surface area contributed by atoms with Crippen molar-refractivity contribution in [3.05, 3.63) is 84.5 Å². The summed E-state index contributed by atoms with van der Waals surface area (Å²) in [5.74, 6) is -0.951. The van der Waals surface area contributed by atoms with Crippen LogP contribution in [0.2, 0.25) is 0 Å². The average molecular weight is 426 g/mol. The molecular weight excluding hydrogens is 400 g/mol. The fraction of sp³-hybridized carbons (Fsp3) is 0.208. The molecule has 2 rings (SSSR count). The van der Waals surface area contributed by atoms with Gasteiger partial charge < -0.3 is 19.3 Å². The van der Waals surface area contributed by atoms with Crippen molar-refractivity contribution in [1.82, 2.24) is 0 Å². The van der Waals surface area contributed by atoms with E-state index in [9.17, 15) is 14.4 Å². The lowest BCUT2D eigenvalue weighted by atomic mass is 10.2. The third-order valence-electron chi connectivity index (χ3n) is 3.56. The van der Waals surface area contributed by atoms with Crippen molar-refractivity contribution in [2.75, 3.05) is 13.2 Å².